The average molecular weight is 325 g/mol. The molecule has 3 aromatic rings. The normalized spacial score (nSPS) is 14.1. The second-order valence-corrected chi connectivity index (χ2v) is 6.16. The maximum atomic E-state index is 6.15. The van der Waals surface area contributed by atoms with Crippen molar-refractivity contribution in [3.05, 3.63) is 35.0 Å². The molecule has 8 nitrogen and oxygen atoms in total. The number of anilines is 2. The highest BCUT2D eigenvalue weighted by Gasteiger charge is 2.27. The van der Waals surface area contributed by atoms with Crippen molar-refractivity contribution < 1.29 is 4.52 Å². The van der Waals surface area contributed by atoms with Crippen LogP contribution in [0.4, 0.5) is 11.8 Å². The molecular weight excluding hydrogens is 306 g/mol. The van der Waals surface area contributed by atoms with E-state index < -0.39 is 0 Å². The highest BCUT2D eigenvalue weighted by molar-refractivity contribution is 5.74. The lowest BCUT2D eigenvalue weighted by molar-refractivity contribution is 0.384. The van der Waals surface area contributed by atoms with E-state index in [-0.39, 0.29) is 0 Å². The summed E-state index contributed by atoms with van der Waals surface area (Å²) < 4.78 is 5.16. The Bertz CT molecular complexity index is 855. The summed E-state index contributed by atoms with van der Waals surface area (Å²) in [6, 6.07) is 3.91. The molecule has 4 rings (SSSR count). The van der Waals surface area contributed by atoms with E-state index in [0.29, 0.717) is 24.2 Å². The van der Waals surface area contributed by atoms with Crippen molar-refractivity contribution in [3.8, 4) is 11.3 Å². The summed E-state index contributed by atoms with van der Waals surface area (Å²) in [4.78, 5) is 8.84. The van der Waals surface area contributed by atoms with Crippen molar-refractivity contribution in [1.29, 1.82) is 0 Å². The summed E-state index contributed by atoms with van der Waals surface area (Å²) in [5, 5.41) is 14.4. The maximum Gasteiger partial charge on any atom is 0.225 e. The van der Waals surface area contributed by atoms with Crippen LogP contribution < -0.4 is 11.1 Å². The van der Waals surface area contributed by atoms with E-state index >= 15 is 0 Å². The lowest BCUT2D eigenvalue weighted by Gasteiger charge is -2.09. The molecule has 0 bridgehead atoms. The molecule has 24 heavy (non-hydrogen) atoms. The van der Waals surface area contributed by atoms with Gasteiger partial charge >= 0.3 is 0 Å². The molecule has 1 fully saturated rings. The molecule has 3 heterocycles. The third kappa shape index (κ3) is 2.82. The number of aryl methyl sites for hydroxylation is 2. The number of aromatic amines is 1. The number of nitrogen functional groups attached to an aromatic ring is 1. The Morgan fingerprint density at radius 2 is 2.12 bits per heavy atom. The van der Waals surface area contributed by atoms with Crippen LogP contribution in [0, 0.1) is 13.8 Å². The molecule has 0 radical (unpaired) electrons. The molecule has 0 atom stereocenters. The number of nitrogens with one attached hydrogen (secondary N) is 2. The summed E-state index contributed by atoms with van der Waals surface area (Å²) >= 11 is 0. The topological polar surface area (TPSA) is 119 Å². The summed E-state index contributed by atoms with van der Waals surface area (Å²) in [5.41, 5.74) is 10.5. The van der Waals surface area contributed by atoms with Crippen LogP contribution in [0.1, 0.15) is 41.6 Å². The van der Waals surface area contributed by atoms with Gasteiger partial charge in [0.2, 0.25) is 5.95 Å². The molecule has 0 unspecified atom stereocenters. The van der Waals surface area contributed by atoms with Gasteiger partial charge in [0.25, 0.3) is 0 Å². The van der Waals surface area contributed by atoms with Crippen LogP contribution in [-0.4, -0.2) is 25.3 Å². The standard InChI is InChI=1S/C16H19N7O/c1-8-5-11(24-23-8)7-18-16-19-9(2)14(15(17)20-16)13-6-12(21-22-13)10-3-4-10/h5-6,10H,3-4,7H2,1-2H3,(H,21,22)(H3,17,18,19,20). The van der Waals surface area contributed by atoms with E-state index in [1.165, 1.54) is 12.8 Å². The van der Waals surface area contributed by atoms with Crippen molar-refractivity contribution >= 4 is 11.8 Å². The van der Waals surface area contributed by atoms with Gasteiger partial charge in [-0.3, -0.25) is 5.10 Å². The van der Waals surface area contributed by atoms with Gasteiger partial charge in [0.05, 0.1) is 34.9 Å². The summed E-state index contributed by atoms with van der Waals surface area (Å²) in [6.07, 6.45) is 2.42. The smallest absolute Gasteiger partial charge is 0.225 e. The Labute approximate surface area is 138 Å². The molecule has 0 spiro atoms. The number of nitrogens with two attached hydrogens (primary N) is 1. The van der Waals surface area contributed by atoms with Gasteiger partial charge in [-0.25, -0.2) is 4.98 Å². The fraction of sp³-hybridized carbons (Fsp3) is 0.375. The van der Waals surface area contributed by atoms with Crippen LogP contribution in [0.3, 0.4) is 0 Å². The molecule has 0 aromatic carbocycles. The van der Waals surface area contributed by atoms with Crippen molar-refractivity contribution in [2.75, 3.05) is 11.1 Å². The lowest BCUT2D eigenvalue weighted by Crippen LogP contribution is -2.08. The number of hydrogen-bond donors (Lipinski definition) is 3. The Morgan fingerprint density at radius 3 is 2.79 bits per heavy atom. The number of rotatable bonds is 5. The minimum atomic E-state index is 0.421. The lowest BCUT2D eigenvalue weighted by atomic mass is 10.1. The van der Waals surface area contributed by atoms with Gasteiger partial charge < -0.3 is 15.6 Å². The fourth-order valence-corrected chi connectivity index (χ4v) is 2.73. The van der Waals surface area contributed by atoms with Crippen LogP contribution in [0.2, 0.25) is 0 Å². The molecule has 0 amide bonds. The number of H-pyrrole nitrogens is 1. The Hall–Kier alpha value is -2.90. The van der Waals surface area contributed by atoms with Gasteiger partial charge in [0.15, 0.2) is 5.76 Å². The van der Waals surface area contributed by atoms with E-state index in [0.717, 1.165) is 34.1 Å². The SMILES string of the molecule is Cc1cc(CNc2nc(C)c(-c3cc(C4CC4)n[nH]3)c(N)n2)on1. The van der Waals surface area contributed by atoms with Crippen LogP contribution >= 0.6 is 0 Å². The molecule has 1 aliphatic carbocycles. The second kappa shape index (κ2) is 5.63. The van der Waals surface area contributed by atoms with Crippen molar-refractivity contribution in [1.82, 2.24) is 25.3 Å². The zero-order valence-corrected chi connectivity index (χ0v) is 13.6. The maximum absolute atomic E-state index is 6.15. The minimum Gasteiger partial charge on any atom is -0.383 e. The van der Waals surface area contributed by atoms with Crippen molar-refractivity contribution in [3.63, 3.8) is 0 Å². The van der Waals surface area contributed by atoms with Gasteiger partial charge in [-0.1, -0.05) is 5.16 Å². The molecule has 0 saturated heterocycles. The largest absolute Gasteiger partial charge is 0.383 e. The van der Waals surface area contributed by atoms with E-state index in [1.807, 2.05) is 26.0 Å². The molecule has 1 aliphatic rings. The van der Waals surface area contributed by atoms with Gasteiger partial charge in [-0.2, -0.15) is 10.1 Å². The number of aromatic nitrogens is 5. The van der Waals surface area contributed by atoms with Gasteiger partial charge in [-0.05, 0) is 32.8 Å². The minimum absolute atomic E-state index is 0.421. The first kappa shape index (κ1) is 14.7. The number of hydrogen-bond acceptors (Lipinski definition) is 7. The summed E-state index contributed by atoms with van der Waals surface area (Å²) in [5.74, 6) is 2.19. The highest BCUT2D eigenvalue weighted by atomic mass is 16.5. The van der Waals surface area contributed by atoms with Crippen molar-refractivity contribution in [2.24, 2.45) is 0 Å². The summed E-state index contributed by atoms with van der Waals surface area (Å²) in [7, 11) is 0. The predicted octanol–water partition coefficient (Wildman–Crippen LogP) is 2.54. The van der Waals surface area contributed by atoms with Crippen LogP contribution in [-0.2, 0) is 6.54 Å². The first-order valence-corrected chi connectivity index (χ1v) is 7.96. The predicted molar refractivity (Wildman–Crippen MR) is 89.3 cm³/mol. The Balaban J connectivity index is 1.55. The second-order valence-electron chi connectivity index (χ2n) is 6.16. The highest BCUT2D eigenvalue weighted by Crippen LogP contribution is 2.40. The first-order valence-electron chi connectivity index (χ1n) is 7.96. The van der Waals surface area contributed by atoms with Gasteiger partial charge in [0.1, 0.15) is 5.82 Å². The Morgan fingerprint density at radius 1 is 1.29 bits per heavy atom. The first-order chi connectivity index (χ1) is 11.6. The molecule has 1 saturated carbocycles. The van der Waals surface area contributed by atoms with E-state index in [1.54, 1.807) is 0 Å². The third-order valence-electron chi connectivity index (χ3n) is 4.08. The van der Waals surface area contributed by atoms with Crippen LogP contribution in [0.25, 0.3) is 11.3 Å². The van der Waals surface area contributed by atoms with Gasteiger partial charge in [-0.15, -0.1) is 0 Å². The molecule has 8 heteroatoms. The third-order valence-corrected chi connectivity index (χ3v) is 4.08. The average Bonchev–Trinajstić information content (AvgIpc) is 3.13. The molecule has 0 aliphatic heterocycles. The monoisotopic (exact) mass is 325 g/mol. The van der Waals surface area contributed by atoms with Crippen LogP contribution in [0.5, 0.6) is 0 Å². The number of nitrogens with zero attached hydrogens (tertiary/aromatic N) is 4. The Kier molecular flexibility index (Phi) is 3.44. The van der Waals surface area contributed by atoms with E-state index in [9.17, 15) is 0 Å². The van der Waals surface area contributed by atoms with E-state index in [4.69, 9.17) is 10.3 Å². The molecule has 124 valence electrons. The molecule has 4 N–H and O–H groups in total. The fourth-order valence-electron chi connectivity index (χ4n) is 2.73. The quantitative estimate of drug-likeness (QED) is 0.659. The molecule has 3 aromatic heterocycles. The van der Waals surface area contributed by atoms with E-state index in [2.05, 4.69) is 30.6 Å². The zero-order valence-electron chi connectivity index (χ0n) is 13.6. The van der Waals surface area contributed by atoms with Crippen molar-refractivity contribution in [2.45, 2.75) is 39.2 Å². The van der Waals surface area contributed by atoms with Crippen LogP contribution in [0.15, 0.2) is 16.7 Å². The summed E-state index contributed by atoms with van der Waals surface area (Å²) in [6.45, 7) is 4.24. The molecular formula is C16H19N7O. The van der Waals surface area contributed by atoms with Gasteiger partial charge in [0, 0.05) is 12.0 Å². The zero-order chi connectivity index (χ0) is 16.7.